The summed E-state index contributed by atoms with van der Waals surface area (Å²) in [7, 11) is 0. The number of aliphatic hydroxyl groups is 1. The average molecular weight is 241 g/mol. The molecule has 1 aromatic heterocycles. The number of aliphatic carboxylic acids is 1. The molecule has 0 aliphatic rings. The van der Waals surface area contributed by atoms with Crippen molar-refractivity contribution in [2.45, 2.75) is 6.10 Å². The smallest absolute Gasteiger partial charge is 0.337 e. The van der Waals surface area contributed by atoms with E-state index >= 15 is 0 Å². The predicted octanol–water partition coefficient (Wildman–Crippen LogP) is 2.44. The van der Waals surface area contributed by atoms with Crippen LogP contribution >= 0.6 is 0 Å². The Labute approximate surface area is 102 Å². The molecule has 1 heterocycles. The van der Waals surface area contributed by atoms with E-state index in [1.165, 1.54) is 0 Å². The van der Waals surface area contributed by atoms with Crippen molar-refractivity contribution in [2.75, 3.05) is 0 Å². The van der Waals surface area contributed by atoms with E-state index in [1.54, 1.807) is 18.2 Å². The van der Waals surface area contributed by atoms with Crippen molar-refractivity contribution in [3.05, 3.63) is 48.0 Å². The summed E-state index contributed by atoms with van der Waals surface area (Å²) in [4.78, 5) is 14.0. The van der Waals surface area contributed by atoms with Crippen LogP contribution in [0.3, 0.4) is 0 Å². The minimum absolute atomic E-state index is 0.389. The second-order valence-electron chi connectivity index (χ2n) is 4.22. The van der Waals surface area contributed by atoms with Gasteiger partial charge in [0.25, 0.3) is 0 Å². The number of aliphatic hydroxyl groups excluding tert-OH is 1. The number of carboxylic acid groups (broad SMARTS) is 1. The number of carbonyl (C=O) groups is 1. The molecular formula is C14H11NO3. The lowest BCUT2D eigenvalue weighted by Gasteiger charge is -2.05. The Morgan fingerprint density at radius 3 is 2.56 bits per heavy atom. The maximum Gasteiger partial charge on any atom is 0.337 e. The van der Waals surface area contributed by atoms with Gasteiger partial charge in [-0.25, -0.2) is 4.79 Å². The lowest BCUT2D eigenvalue weighted by molar-refractivity contribution is -0.146. The first kappa shape index (κ1) is 10.8. The molecule has 0 amide bonds. The predicted molar refractivity (Wildman–Crippen MR) is 68.4 cm³/mol. The number of hydrogen-bond acceptors (Lipinski definition) is 2. The van der Waals surface area contributed by atoms with Gasteiger partial charge < -0.3 is 15.2 Å². The lowest BCUT2D eigenvalue weighted by Crippen LogP contribution is -2.10. The Hall–Kier alpha value is -2.33. The van der Waals surface area contributed by atoms with Crippen LogP contribution in [0.5, 0.6) is 0 Å². The van der Waals surface area contributed by atoms with E-state index in [-0.39, 0.29) is 0 Å². The molecule has 18 heavy (non-hydrogen) atoms. The number of H-pyrrole nitrogens is 1. The van der Waals surface area contributed by atoms with Crippen LogP contribution in [-0.4, -0.2) is 21.2 Å². The fourth-order valence-electron chi connectivity index (χ4n) is 2.18. The number of para-hydroxylation sites is 1. The van der Waals surface area contributed by atoms with Crippen LogP contribution in [0, 0.1) is 0 Å². The minimum atomic E-state index is -1.48. The molecule has 3 aromatic rings. The van der Waals surface area contributed by atoms with Gasteiger partial charge in [0.1, 0.15) is 0 Å². The van der Waals surface area contributed by atoms with E-state index in [9.17, 15) is 9.90 Å². The zero-order valence-electron chi connectivity index (χ0n) is 9.42. The molecule has 0 bridgehead atoms. The summed E-state index contributed by atoms with van der Waals surface area (Å²) in [5.41, 5.74) is 2.31. The van der Waals surface area contributed by atoms with E-state index in [4.69, 9.17) is 5.11 Å². The fraction of sp³-hybridized carbons (Fsp3) is 0.0714. The molecule has 3 N–H and O–H groups in total. The Morgan fingerprint density at radius 1 is 1.06 bits per heavy atom. The molecule has 2 aromatic carbocycles. The summed E-state index contributed by atoms with van der Waals surface area (Å²) >= 11 is 0. The monoisotopic (exact) mass is 241 g/mol. The normalized spacial score (nSPS) is 12.9. The van der Waals surface area contributed by atoms with Crippen LogP contribution in [0.1, 0.15) is 11.7 Å². The SMILES string of the molecule is O=C(O)C(O)c1ccc2[nH]c3ccccc3c2c1. The number of fused-ring (bicyclic) bond motifs is 3. The van der Waals surface area contributed by atoms with Crippen LogP contribution in [0.15, 0.2) is 42.5 Å². The van der Waals surface area contributed by atoms with Gasteiger partial charge in [-0.2, -0.15) is 0 Å². The minimum Gasteiger partial charge on any atom is -0.479 e. The molecular weight excluding hydrogens is 230 g/mol. The van der Waals surface area contributed by atoms with Gasteiger partial charge >= 0.3 is 5.97 Å². The summed E-state index contributed by atoms with van der Waals surface area (Å²) in [5.74, 6) is -1.24. The number of benzene rings is 2. The molecule has 4 heteroatoms. The average Bonchev–Trinajstić information content (AvgIpc) is 2.75. The third-order valence-corrected chi connectivity index (χ3v) is 3.08. The van der Waals surface area contributed by atoms with Crippen molar-refractivity contribution in [1.29, 1.82) is 0 Å². The van der Waals surface area contributed by atoms with Gasteiger partial charge in [0.15, 0.2) is 6.10 Å². The van der Waals surface area contributed by atoms with Crippen molar-refractivity contribution in [1.82, 2.24) is 4.98 Å². The van der Waals surface area contributed by atoms with E-state index in [2.05, 4.69) is 4.98 Å². The number of nitrogens with one attached hydrogen (secondary N) is 1. The van der Waals surface area contributed by atoms with Gasteiger partial charge in [-0.3, -0.25) is 0 Å². The highest BCUT2D eigenvalue weighted by Crippen LogP contribution is 2.27. The molecule has 0 spiro atoms. The topological polar surface area (TPSA) is 73.3 Å². The second-order valence-corrected chi connectivity index (χ2v) is 4.22. The molecule has 0 aliphatic carbocycles. The fourth-order valence-corrected chi connectivity index (χ4v) is 2.18. The van der Waals surface area contributed by atoms with Crippen molar-refractivity contribution in [3.63, 3.8) is 0 Å². The maximum atomic E-state index is 10.8. The summed E-state index contributed by atoms with van der Waals surface area (Å²) in [6.07, 6.45) is -1.48. The largest absolute Gasteiger partial charge is 0.479 e. The zero-order valence-corrected chi connectivity index (χ0v) is 9.42. The molecule has 0 aliphatic heterocycles. The highest BCUT2D eigenvalue weighted by molar-refractivity contribution is 6.07. The highest BCUT2D eigenvalue weighted by Gasteiger charge is 2.16. The van der Waals surface area contributed by atoms with Gasteiger partial charge in [-0.05, 0) is 23.8 Å². The van der Waals surface area contributed by atoms with Gasteiger partial charge in [0.2, 0.25) is 0 Å². The molecule has 3 rings (SSSR count). The first-order valence-electron chi connectivity index (χ1n) is 5.58. The van der Waals surface area contributed by atoms with Crippen LogP contribution in [0.25, 0.3) is 21.8 Å². The molecule has 0 radical (unpaired) electrons. The van der Waals surface area contributed by atoms with E-state index in [1.807, 2.05) is 24.3 Å². The highest BCUT2D eigenvalue weighted by atomic mass is 16.4. The number of hydrogen-bond donors (Lipinski definition) is 3. The summed E-state index contributed by atoms with van der Waals surface area (Å²) in [6, 6.07) is 12.9. The lowest BCUT2D eigenvalue weighted by atomic mass is 10.1. The Bertz CT molecular complexity index is 745. The van der Waals surface area contributed by atoms with Crippen LogP contribution < -0.4 is 0 Å². The molecule has 0 saturated heterocycles. The van der Waals surface area contributed by atoms with Crippen LogP contribution in [0.2, 0.25) is 0 Å². The first-order chi connectivity index (χ1) is 8.66. The van der Waals surface area contributed by atoms with Gasteiger partial charge in [-0.1, -0.05) is 24.3 Å². The first-order valence-corrected chi connectivity index (χ1v) is 5.58. The Morgan fingerprint density at radius 2 is 1.78 bits per heavy atom. The summed E-state index contributed by atoms with van der Waals surface area (Å²) in [6.45, 7) is 0. The Balaban J connectivity index is 2.27. The molecule has 90 valence electrons. The quantitative estimate of drug-likeness (QED) is 0.645. The number of aromatic amines is 1. The van der Waals surface area contributed by atoms with Crippen molar-refractivity contribution >= 4 is 27.8 Å². The van der Waals surface area contributed by atoms with Gasteiger partial charge in [0, 0.05) is 21.8 Å². The Kier molecular flexibility index (Phi) is 2.31. The summed E-state index contributed by atoms with van der Waals surface area (Å²) in [5, 5.41) is 20.3. The van der Waals surface area contributed by atoms with E-state index in [0.29, 0.717) is 5.56 Å². The van der Waals surface area contributed by atoms with Crippen molar-refractivity contribution in [3.8, 4) is 0 Å². The summed E-state index contributed by atoms with van der Waals surface area (Å²) < 4.78 is 0. The van der Waals surface area contributed by atoms with E-state index in [0.717, 1.165) is 21.8 Å². The number of aromatic nitrogens is 1. The maximum absolute atomic E-state index is 10.8. The third kappa shape index (κ3) is 1.55. The zero-order chi connectivity index (χ0) is 12.7. The second kappa shape index (κ2) is 3.85. The standard InChI is InChI=1S/C14H11NO3/c16-13(14(17)18)8-5-6-12-10(7-8)9-3-1-2-4-11(9)15-12/h1-7,13,15-16H,(H,17,18). The molecule has 1 unspecified atom stereocenters. The van der Waals surface area contributed by atoms with Crippen LogP contribution in [0.4, 0.5) is 0 Å². The van der Waals surface area contributed by atoms with Gasteiger partial charge in [-0.15, -0.1) is 0 Å². The number of carboxylic acids is 1. The molecule has 1 atom stereocenters. The van der Waals surface area contributed by atoms with Crippen molar-refractivity contribution in [2.24, 2.45) is 0 Å². The van der Waals surface area contributed by atoms with Crippen LogP contribution in [-0.2, 0) is 4.79 Å². The number of rotatable bonds is 2. The molecule has 0 fully saturated rings. The van der Waals surface area contributed by atoms with E-state index < -0.39 is 12.1 Å². The third-order valence-electron chi connectivity index (χ3n) is 3.08. The molecule has 0 saturated carbocycles. The van der Waals surface area contributed by atoms with Gasteiger partial charge in [0.05, 0.1) is 0 Å². The molecule has 4 nitrogen and oxygen atoms in total. The van der Waals surface area contributed by atoms with Crippen molar-refractivity contribution < 1.29 is 15.0 Å².